The van der Waals surface area contributed by atoms with Crippen LogP contribution in [0, 0.1) is 0 Å². The Balaban J connectivity index is 1.05. The lowest BCUT2D eigenvalue weighted by atomic mass is 9.36. The molecule has 0 radical (unpaired) electrons. The van der Waals surface area contributed by atoms with E-state index in [1.807, 2.05) is 22.7 Å². The average molecular weight is 1030 g/mol. The van der Waals surface area contributed by atoms with Crippen molar-refractivity contribution in [3.8, 4) is 0 Å². The predicted molar refractivity (Wildman–Crippen MR) is 334 cm³/mol. The van der Waals surface area contributed by atoms with Crippen LogP contribution in [-0.2, 0) is 10.8 Å². The third-order valence-corrected chi connectivity index (χ3v) is 19.6. The summed E-state index contributed by atoms with van der Waals surface area (Å²) in [5.41, 5.74) is 19.5. The summed E-state index contributed by atoms with van der Waals surface area (Å²) in [6.45, 7) is 14.0. The first-order chi connectivity index (χ1) is 37.4. The van der Waals surface area contributed by atoms with Crippen molar-refractivity contribution in [2.45, 2.75) is 90.4 Å². The SMILES string of the molecule is CC(C)(C)c1ccc(N2c3cc(C4CCCCC4)cc4c3B(c3ccc(N(c5ccccc5)c5ccc6oc7ccccc7c6c5)cc3N4c3cccc4c3sc3ccccc34)c3sc4ccc(C(C)(C)C)cc4c32)cc1. The molecule has 4 nitrogen and oxygen atoms in total. The smallest absolute Gasteiger partial charge is 0.264 e. The minimum atomic E-state index is -0.0169. The van der Waals surface area contributed by atoms with E-state index in [1.54, 1.807) is 0 Å². The van der Waals surface area contributed by atoms with E-state index in [4.69, 9.17) is 4.42 Å². The molecule has 1 saturated carbocycles. The molecule has 0 bridgehead atoms. The Hall–Kier alpha value is -7.58. The van der Waals surface area contributed by atoms with Gasteiger partial charge in [0.1, 0.15) is 11.2 Å². The van der Waals surface area contributed by atoms with Gasteiger partial charge in [-0.25, -0.2) is 0 Å². The van der Waals surface area contributed by atoms with E-state index >= 15 is 0 Å². The number of furan rings is 1. The van der Waals surface area contributed by atoms with E-state index in [9.17, 15) is 0 Å². The second kappa shape index (κ2) is 17.5. The van der Waals surface area contributed by atoms with Crippen LogP contribution in [0.4, 0.5) is 51.2 Å². The van der Waals surface area contributed by atoms with Gasteiger partial charge < -0.3 is 19.1 Å². The first-order valence-corrected chi connectivity index (χ1v) is 29.3. The first-order valence-electron chi connectivity index (χ1n) is 27.7. The minimum absolute atomic E-state index is 0.0160. The molecule has 0 spiro atoms. The van der Waals surface area contributed by atoms with Gasteiger partial charge in [0.15, 0.2) is 0 Å². The normalized spacial score (nSPS) is 14.8. The van der Waals surface area contributed by atoms with Gasteiger partial charge in [0.2, 0.25) is 0 Å². The fourth-order valence-corrected chi connectivity index (χ4v) is 15.7. The molecule has 1 fully saturated rings. The molecular formula is C70H60BN3OS2. The third-order valence-electron chi connectivity index (χ3n) is 17.1. The highest BCUT2D eigenvalue weighted by atomic mass is 32.1. The maximum Gasteiger partial charge on any atom is 0.264 e. The Bertz CT molecular complexity index is 4320. The Morgan fingerprint density at radius 2 is 1.14 bits per heavy atom. The number of thiophene rings is 2. The van der Waals surface area contributed by atoms with Crippen molar-refractivity contribution in [3.63, 3.8) is 0 Å². The van der Waals surface area contributed by atoms with E-state index in [0.29, 0.717) is 5.92 Å². The summed E-state index contributed by atoms with van der Waals surface area (Å²) >= 11 is 3.91. The molecule has 2 aliphatic heterocycles. The van der Waals surface area contributed by atoms with Gasteiger partial charge in [0.05, 0.1) is 16.1 Å². The highest BCUT2D eigenvalue weighted by molar-refractivity contribution is 7.33. The van der Waals surface area contributed by atoms with Crippen molar-refractivity contribution >= 4 is 148 Å². The number of hydrogen-bond donors (Lipinski definition) is 0. The maximum atomic E-state index is 6.42. The van der Waals surface area contributed by atoms with Crippen molar-refractivity contribution in [1.82, 2.24) is 0 Å². The highest BCUT2D eigenvalue weighted by Crippen LogP contribution is 2.53. The van der Waals surface area contributed by atoms with Crippen LogP contribution in [0.3, 0.4) is 0 Å². The van der Waals surface area contributed by atoms with E-state index in [2.05, 4.69) is 244 Å². The Morgan fingerprint density at radius 1 is 0.481 bits per heavy atom. The topological polar surface area (TPSA) is 22.9 Å². The van der Waals surface area contributed by atoms with Gasteiger partial charge in [-0.3, -0.25) is 0 Å². The molecule has 77 heavy (non-hydrogen) atoms. The largest absolute Gasteiger partial charge is 0.456 e. The third kappa shape index (κ3) is 7.44. The maximum absolute atomic E-state index is 6.42. The standard InChI is InChI=1S/C70H60BN3OS2/c1-69(2,3)45-28-31-48(32-29-45)73-59-38-44(43-18-9-7-10-19-43)39-60-65(59)71(68-66(73)55-40-46(70(4,5)6)30-37-64(55)77-68)56-35-33-50(42-58(56)74(60)57-25-17-24-53-52-23-14-16-27-63(52)76-67(53)57)72(47-20-11-8-12-21-47)49-34-36-62-54(41-49)51-22-13-15-26-61(51)75-62/h8,11-17,20-43H,7,9-10,18-19H2,1-6H3. The van der Waals surface area contributed by atoms with Gasteiger partial charge in [-0.2, -0.15) is 0 Å². The van der Waals surface area contributed by atoms with Gasteiger partial charge in [-0.15, -0.1) is 22.7 Å². The van der Waals surface area contributed by atoms with Crippen molar-refractivity contribution in [3.05, 3.63) is 205 Å². The zero-order valence-corrected chi connectivity index (χ0v) is 46.3. The van der Waals surface area contributed by atoms with E-state index in [0.717, 1.165) is 39.0 Å². The summed E-state index contributed by atoms with van der Waals surface area (Å²) in [5, 5.41) is 6.17. The van der Waals surface area contributed by atoms with Crippen LogP contribution >= 0.6 is 22.7 Å². The number of para-hydroxylation sites is 2. The lowest BCUT2D eigenvalue weighted by Crippen LogP contribution is -2.60. The molecule has 3 aliphatic rings. The number of anilines is 9. The summed E-state index contributed by atoms with van der Waals surface area (Å²) in [7, 11) is 0. The summed E-state index contributed by atoms with van der Waals surface area (Å²) in [5.74, 6) is 0.471. The number of hydrogen-bond acceptors (Lipinski definition) is 6. The van der Waals surface area contributed by atoms with Gasteiger partial charge >= 0.3 is 0 Å². The molecule has 0 atom stereocenters. The zero-order valence-electron chi connectivity index (χ0n) is 44.7. The molecule has 9 aromatic carbocycles. The van der Waals surface area contributed by atoms with Crippen molar-refractivity contribution in [1.29, 1.82) is 0 Å². The van der Waals surface area contributed by atoms with Crippen LogP contribution in [-0.4, -0.2) is 6.71 Å². The lowest BCUT2D eigenvalue weighted by Gasteiger charge is -2.44. The van der Waals surface area contributed by atoms with E-state index < -0.39 is 0 Å². The number of fused-ring (bicyclic) bond motifs is 12. The molecule has 15 rings (SSSR count). The lowest BCUT2D eigenvalue weighted by molar-refractivity contribution is 0.444. The Labute approximate surface area is 459 Å². The van der Waals surface area contributed by atoms with E-state index in [-0.39, 0.29) is 17.5 Å². The van der Waals surface area contributed by atoms with Crippen LogP contribution in [0.2, 0.25) is 0 Å². The molecule has 7 heteroatoms. The fourth-order valence-electron chi connectivity index (χ4n) is 13.2. The second-order valence-electron chi connectivity index (χ2n) is 23.9. The number of benzene rings is 9. The summed E-state index contributed by atoms with van der Waals surface area (Å²) in [6, 6.07) is 71.6. The summed E-state index contributed by atoms with van der Waals surface area (Å²) in [4.78, 5) is 7.84. The number of nitrogens with zero attached hydrogens (tertiary/aromatic N) is 3. The van der Waals surface area contributed by atoms with Gasteiger partial charge in [0.25, 0.3) is 6.71 Å². The van der Waals surface area contributed by atoms with Crippen LogP contribution in [0.1, 0.15) is 96.3 Å². The molecule has 0 unspecified atom stereocenters. The molecule has 376 valence electrons. The molecule has 12 aromatic rings. The molecule has 0 saturated heterocycles. The predicted octanol–water partition coefficient (Wildman–Crippen LogP) is 19.4. The zero-order chi connectivity index (χ0) is 51.9. The minimum Gasteiger partial charge on any atom is -0.456 e. The quantitative estimate of drug-likeness (QED) is 0.155. The van der Waals surface area contributed by atoms with Gasteiger partial charge in [-0.05, 0) is 154 Å². The first kappa shape index (κ1) is 46.7. The van der Waals surface area contributed by atoms with Crippen LogP contribution in [0.15, 0.2) is 192 Å². The average Bonchev–Trinajstić information content (AvgIpc) is 4.21. The monoisotopic (exact) mass is 1030 g/mol. The Kier molecular flexibility index (Phi) is 10.6. The fraction of sp³-hybridized carbons (Fsp3) is 0.200. The molecule has 5 heterocycles. The van der Waals surface area contributed by atoms with Gasteiger partial charge in [0, 0.05) is 80.9 Å². The van der Waals surface area contributed by atoms with Crippen LogP contribution < -0.4 is 30.4 Å². The number of rotatable bonds is 6. The van der Waals surface area contributed by atoms with Crippen LogP contribution in [0.5, 0.6) is 0 Å². The Morgan fingerprint density at radius 3 is 1.94 bits per heavy atom. The molecular weight excluding hydrogens is 974 g/mol. The second-order valence-corrected chi connectivity index (χ2v) is 26.1. The highest BCUT2D eigenvalue weighted by Gasteiger charge is 2.46. The summed E-state index contributed by atoms with van der Waals surface area (Å²) in [6.07, 6.45) is 6.25. The molecule has 1 aliphatic carbocycles. The van der Waals surface area contributed by atoms with E-state index in [1.165, 1.54) is 129 Å². The van der Waals surface area contributed by atoms with Crippen molar-refractivity contribution < 1.29 is 4.42 Å². The molecule has 0 amide bonds. The van der Waals surface area contributed by atoms with Crippen LogP contribution in [0.25, 0.3) is 52.2 Å². The molecule has 3 aromatic heterocycles. The van der Waals surface area contributed by atoms with Crippen molar-refractivity contribution in [2.24, 2.45) is 0 Å². The summed E-state index contributed by atoms with van der Waals surface area (Å²) < 4.78 is 11.8. The van der Waals surface area contributed by atoms with Crippen molar-refractivity contribution in [2.75, 3.05) is 14.7 Å². The molecule has 0 N–H and O–H groups in total. The van der Waals surface area contributed by atoms with Gasteiger partial charge in [-0.1, -0.05) is 152 Å².